The number of nitrogens with one attached hydrogen (secondary N) is 2. The zero-order valence-corrected chi connectivity index (χ0v) is 22.9. The largest absolute Gasteiger partial charge is 0.320 e. The predicted octanol–water partition coefficient (Wildman–Crippen LogP) is 4.56. The molecule has 2 aromatic carbocycles. The van der Waals surface area contributed by atoms with E-state index in [4.69, 9.17) is 0 Å². The van der Waals surface area contributed by atoms with Gasteiger partial charge in [0.05, 0.1) is 28.2 Å². The van der Waals surface area contributed by atoms with Crippen molar-refractivity contribution >= 4 is 71.0 Å². The summed E-state index contributed by atoms with van der Waals surface area (Å²) in [5, 5.41) is 2.71. The van der Waals surface area contributed by atoms with E-state index in [1.54, 1.807) is 25.1 Å². The van der Waals surface area contributed by atoms with Gasteiger partial charge in [-0.2, -0.15) is 0 Å². The Morgan fingerprint density at radius 1 is 1.08 bits per heavy atom. The first-order chi connectivity index (χ1) is 17.4. The first kappa shape index (κ1) is 26.9. The molecule has 0 unspecified atom stereocenters. The Kier molecular flexibility index (Phi) is 7.52. The van der Waals surface area contributed by atoms with E-state index in [1.807, 2.05) is 27.3 Å². The number of aromatic nitrogens is 2. The summed E-state index contributed by atoms with van der Waals surface area (Å²) in [6, 6.07) is 10.8. The number of benzene rings is 2. The number of pyridine rings is 1. The number of sulfonamides is 1. The Morgan fingerprint density at radius 3 is 2.46 bits per heavy atom. The molecule has 9 nitrogen and oxygen atoms in total. The van der Waals surface area contributed by atoms with Crippen molar-refractivity contribution in [2.75, 3.05) is 15.8 Å². The second kappa shape index (κ2) is 10.3. The smallest absolute Gasteiger partial charge is 0.269 e. The Hall–Kier alpha value is -3.11. The minimum Gasteiger partial charge on any atom is -0.320 e. The van der Waals surface area contributed by atoms with Gasteiger partial charge in [-0.05, 0) is 59.3 Å². The summed E-state index contributed by atoms with van der Waals surface area (Å²) in [6.45, 7) is 1.62. The van der Waals surface area contributed by atoms with Crippen molar-refractivity contribution < 1.29 is 30.4 Å². The van der Waals surface area contributed by atoms with Crippen LogP contribution in [0.5, 0.6) is 0 Å². The van der Waals surface area contributed by atoms with E-state index in [2.05, 4.69) is 10.3 Å². The standard InChI is InChI=1S/C23H19F2IN4O5S2/c1-2-10-36(32,33)29-19-9-8-17(24)20(21(19)25)23(31)28-14-11-16-18(26)13-30(22(16)27-12-14)37(34,35)15-6-4-3-5-7-15/h3-9,11-13,29H,2,10H2,1H3,(H,28,31). The zero-order chi connectivity index (χ0) is 27.0. The molecule has 4 aromatic rings. The van der Waals surface area contributed by atoms with Crippen molar-refractivity contribution in [3.63, 3.8) is 0 Å². The highest BCUT2D eigenvalue weighted by atomic mass is 127. The Balaban J connectivity index is 1.67. The normalized spacial score (nSPS) is 12.0. The number of carbonyl (C=O) groups is 1. The number of halogens is 3. The number of hydrogen-bond acceptors (Lipinski definition) is 6. The van der Waals surface area contributed by atoms with Crippen LogP contribution in [0, 0.1) is 15.2 Å². The van der Waals surface area contributed by atoms with Crippen LogP contribution in [0.3, 0.4) is 0 Å². The highest BCUT2D eigenvalue weighted by Crippen LogP contribution is 2.29. The summed E-state index contributed by atoms with van der Waals surface area (Å²) in [5.41, 5.74) is -1.42. The molecule has 37 heavy (non-hydrogen) atoms. The van der Waals surface area contributed by atoms with Crippen LogP contribution in [0.2, 0.25) is 0 Å². The van der Waals surface area contributed by atoms with Crippen LogP contribution < -0.4 is 10.0 Å². The van der Waals surface area contributed by atoms with Crippen molar-refractivity contribution in [3.05, 3.63) is 81.7 Å². The van der Waals surface area contributed by atoms with Crippen LogP contribution in [0.15, 0.2) is 65.8 Å². The number of hydrogen-bond donors (Lipinski definition) is 2. The molecule has 4 rings (SSSR count). The van der Waals surface area contributed by atoms with Gasteiger partial charge < -0.3 is 5.32 Å². The Bertz CT molecular complexity index is 1730. The molecule has 194 valence electrons. The molecule has 2 aromatic heterocycles. The van der Waals surface area contributed by atoms with Crippen LogP contribution >= 0.6 is 22.6 Å². The molecule has 0 aliphatic carbocycles. The summed E-state index contributed by atoms with van der Waals surface area (Å²) in [7, 11) is -7.84. The molecule has 0 atom stereocenters. The van der Waals surface area contributed by atoms with E-state index in [0.29, 0.717) is 8.96 Å². The summed E-state index contributed by atoms with van der Waals surface area (Å²) in [5.74, 6) is -4.04. The van der Waals surface area contributed by atoms with Crippen molar-refractivity contribution in [1.82, 2.24) is 8.96 Å². The zero-order valence-electron chi connectivity index (χ0n) is 19.1. The van der Waals surface area contributed by atoms with E-state index in [-0.39, 0.29) is 28.4 Å². The van der Waals surface area contributed by atoms with E-state index >= 15 is 0 Å². The fourth-order valence-corrected chi connectivity index (χ4v) is 6.86. The molecule has 0 fully saturated rings. The second-order valence-corrected chi connectivity index (χ2v) is 12.7. The number of fused-ring (bicyclic) bond motifs is 1. The predicted molar refractivity (Wildman–Crippen MR) is 143 cm³/mol. The third kappa shape index (κ3) is 5.45. The quantitative estimate of drug-likeness (QED) is 0.267. The van der Waals surface area contributed by atoms with Crippen molar-refractivity contribution in [1.29, 1.82) is 0 Å². The SMILES string of the molecule is CCCS(=O)(=O)Nc1ccc(F)c(C(=O)Nc2cnc3c(c2)c(I)cn3S(=O)(=O)c2ccccc2)c1F. The van der Waals surface area contributed by atoms with Crippen LogP contribution in [0.4, 0.5) is 20.2 Å². The number of rotatable bonds is 8. The lowest BCUT2D eigenvalue weighted by molar-refractivity contribution is 0.101. The first-order valence-corrected chi connectivity index (χ1v) is 14.9. The van der Waals surface area contributed by atoms with E-state index in [9.17, 15) is 30.4 Å². The third-order valence-corrected chi connectivity index (χ3v) is 9.18. The topological polar surface area (TPSA) is 127 Å². The van der Waals surface area contributed by atoms with Crippen molar-refractivity contribution in [2.24, 2.45) is 0 Å². The number of nitrogens with zero attached hydrogens (tertiary/aromatic N) is 2. The Labute approximate surface area is 225 Å². The Morgan fingerprint density at radius 2 is 1.78 bits per heavy atom. The van der Waals surface area contributed by atoms with Gasteiger partial charge in [-0.15, -0.1) is 0 Å². The average Bonchev–Trinajstić information content (AvgIpc) is 3.18. The molecule has 0 spiro atoms. The molecular formula is C23H19F2IN4O5S2. The maximum atomic E-state index is 15.0. The summed E-state index contributed by atoms with van der Waals surface area (Å²) in [4.78, 5) is 17.0. The minimum atomic E-state index is -3.95. The molecule has 0 aliphatic rings. The lowest BCUT2D eigenvalue weighted by atomic mass is 10.1. The van der Waals surface area contributed by atoms with Gasteiger partial charge in [0.15, 0.2) is 11.5 Å². The molecule has 0 bridgehead atoms. The highest BCUT2D eigenvalue weighted by Gasteiger charge is 2.25. The van der Waals surface area contributed by atoms with Crippen molar-refractivity contribution in [2.45, 2.75) is 18.2 Å². The number of carbonyl (C=O) groups excluding carboxylic acids is 1. The van der Waals surface area contributed by atoms with Gasteiger partial charge in [0.2, 0.25) is 10.0 Å². The monoisotopic (exact) mass is 660 g/mol. The van der Waals surface area contributed by atoms with Crippen LogP contribution in [0.1, 0.15) is 23.7 Å². The molecule has 14 heteroatoms. The van der Waals surface area contributed by atoms with Gasteiger partial charge in [-0.1, -0.05) is 25.1 Å². The van der Waals surface area contributed by atoms with Gasteiger partial charge in [0, 0.05) is 15.2 Å². The van der Waals surface area contributed by atoms with Gasteiger partial charge in [0.25, 0.3) is 15.9 Å². The second-order valence-electron chi connectivity index (χ2n) is 7.85. The molecule has 0 radical (unpaired) electrons. The molecule has 0 saturated heterocycles. The lowest BCUT2D eigenvalue weighted by Gasteiger charge is -2.12. The lowest BCUT2D eigenvalue weighted by Crippen LogP contribution is -2.20. The molecule has 2 N–H and O–H groups in total. The van der Waals surface area contributed by atoms with E-state index in [0.717, 1.165) is 22.3 Å². The molecule has 0 aliphatic heterocycles. The van der Waals surface area contributed by atoms with Crippen LogP contribution in [0.25, 0.3) is 11.0 Å². The van der Waals surface area contributed by atoms with Gasteiger partial charge in [-0.3, -0.25) is 9.52 Å². The fourth-order valence-electron chi connectivity index (χ4n) is 3.52. The van der Waals surface area contributed by atoms with Gasteiger partial charge in [0.1, 0.15) is 11.4 Å². The molecule has 1 amide bonds. The van der Waals surface area contributed by atoms with Crippen LogP contribution in [-0.2, 0) is 20.0 Å². The fraction of sp³-hybridized carbons (Fsp3) is 0.130. The third-order valence-electron chi connectivity index (χ3n) is 5.18. The van der Waals surface area contributed by atoms with Gasteiger partial charge >= 0.3 is 0 Å². The molecule has 0 saturated carbocycles. The number of anilines is 2. The van der Waals surface area contributed by atoms with E-state index in [1.165, 1.54) is 24.4 Å². The summed E-state index contributed by atoms with van der Waals surface area (Å²) < 4.78 is 83.0. The van der Waals surface area contributed by atoms with Gasteiger partial charge in [-0.25, -0.2) is 34.6 Å². The summed E-state index contributed by atoms with van der Waals surface area (Å²) >= 11 is 1.91. The maximum absolute atomic E-state index is 15.0. The average molecular weight is 660 g/mol. The van der Waals surface area contributed by atoms with Crippen LogP contribution in [-0.4, -0.2) is 37.5 Å². The first-order valence-electron chi connectivity index (χ1n) is 10.7. The van der Waals surface area contributed by atoms with E-state index < -0.39 is 48.8 Å². The van der Waals surface area contributed by atoms with Crippen molar-refractivity contribution in [3.8, 4) is 0 Å². The maximum Gasteiger partial charge on any atom is 0.269 e. The minimum absolute atomic E-state index is 0.0426. The highest BCUT2D eigenvalue weighted by molar-refractivity contribution is 14.1. The molecule has 2 heterocycles. The summed E-state index contributed by atoms with van der Waals surface area (Å²) in [6.07, 6.45) is 2.79. The number of amides is 1. The molecular weight excluding hydrogens is 641 g/mol.